The lowest BCUT2D eigenvalue weighted by molar-refractivity contribution is -0.127. The number of para-hydroxylation sites is 1. The average molecular weight is 357 g/mol. The molecule has 0 aliphatic rings. The number of rotatable bonds is 7. The summed E-state index contributed by atoms with van der Waals surface area (Å²) in [5, 5.41) is 16.4. The van der Waals surface area contributed by atoms with Crippen molar-refractivity contribution in [1.29, 1.82) is 0 Å². The van der Waals surface area contributed by atoms with Crippen LogP contribution in [0.25, 0.3) is 5.69 Å². The van der Waals surface area contributed by atoms with E-state index in [0.29, 0.717) is 24.0 Å². The normalized spacial score (nSPS) is 10.8. The van der Waals surface area contributed by atoms with Crippen LogP contribution in [0.15, 0.2) is 47.9 Å². The molecule has 25 heavy (non-hydrogen) atoms. The molecule has 1 aromatic carbocycles. The van der Waals surface area contributed by atoms with Gasteiger partial charge in [0, 0.05) is 31.9 Å². The summed E-state index contributed by atoms with van der Waals surface area (Å²) in [5.74, 6) is 0.312. The van der Waals surface area contributed by atoms with E-state index in [1.807, 2.05) is 43.5 Å². The van der Waals surface area contributed by atoms with E-state index in [1.54, 1.807) is 27.5 Å². The Morgan fingerprint density at radius 3 is 2.84 bits per heavy atom. The molecule has 1 amide bonds. The molecule has 0 aliphatic carbocycles. The van der Waals surface area contributed by atoms with Gasteiger partial charge in [-0.3, -0.25) is 4.79 Å². The fraction of sp³-hybridized carbons (Fsp3) is 0.312. The molecule has 0 atom stereocenters. The smallest absolute Gasteiger partial charge is 0.233 e. The maximum Gasteiger partial charge on any atom is 0.233 e. The van der Waals surface area contributed by atoms with E-state index in [9.17, 15) is 4.79 Å². The van der Waals surface area contributed by atoms with E-state index in [0.717, 1.165) is 11.3 Å². The minimum absolute atomic E-state index is 0.0168. The molecular weight excluding hydrogens is 338 g/mol. The fourth-order valence-corrected chi connectivity index (χ4v) is 3.14. The standard InChI is InChI=1S/C16H19N7OS/c1-3-22-16(18-19-20-22)25-12-15(24)21(2)10-13-9-17-23(11-13)14-7-5-4-6-8-14/h4-9,11H,3,10,12H2,1-2H3. The van der Waals surface area contributed by atoms with Crippen LogP contribution in [0.4, 0.5) is 0 Å². The zero-order valence-corrected chi connectivity index (χ0v) is 14.9. The van der Waals surface area contributed by atoms with Gasteiger partial charge in [0.05, 0.1) is 17.6 Å². The SMILES string of the molecule is CCn1nnnc1SCC(=O)N(C)Cc1cnn(-c2ccccc2)c1. The van der Waals surface area contributed by atoms with E-state index < -0.39 is 0 Å². The fourth-order valence-electron chi connectivity index (χ4n) is 2.26. The molecule has 0 N–H and O–H groups in total. The lowest BCUT2D eigenvalue weighted by Crippen LogP contribution is -2.27. The second-order valence-corrected chi connectivity index (χ2v) is 6.39. The first-order valence-corrected chi connectivity index (χ1v) is 8.88. The highest BCUT2D eigenvalue weighted by molar-refractivity contribution is 7.99. The molecule has 2 heterocycles. The Bertz CT molecular complexity index is 830. The van der Waals surface area contributed by atoms with E-state index in [-0.39, 0.29) is 5.91 Å². The van der Waals surface area contributed by atoms with Crippen molar-refractivity contribution < 1.29 is 4.79 Å². The van der Waals surface area contributed by atoms with Crippen LogP contribution in [0, 0.1) is 0 Å². The number of amides is 1. The number of benzene rings is 1. The van der Waals surface area contributed by atoms with E-state index in [4.69, 9.17) is 0 Å². The summed E-state index contributed by atoms with van der Waals surface area (Å²) in [6, 6.07) is 9.87. The Balaban J connectivity index is 1.56. The van der Waals surface area contributed by atoms with Gasteiger partial charge in [-0.1, -0.05) is 30.0 Å². The summed E-state index contributed by atoms with van der Waals surface area (Å²) < 4.78 is 3.47. The first kappa shape index (κ1) is 17.2. The number of aryl methyl sites for hydroxylation is 1. The highest BCUT2D eigenvalue weighted by Gasteiger charge is 2.14. The molecule has 3 rings (SSSR count). The molecule has 0 radical (unpaired) electrons. The molecule has 0 fully saturated rings. The Labute approximate surface area is 149 Å². The van der Waals surface area contributed by atoms with Crippen LogP contribution in [0.1, 0.15) is 12.5 Å². The lowest BCUT2D eigenvalue weighted by atomic mass is 10.3. The second kappa shape index (κ2) is 7.93. The Kier molecular flexibility index (Phi) is 5.44. The topological polar surface area (TPSA) is 81.7 Å². The molecule has 0 saturated carbocycles. The van der Waals surface area contributed by atoms with E-state index in [1.165, 1.54) is 11.8 Å². The predicted molar refractivity (Wildman–Crippen MR) is 94.3 cm³/mol. The molecule has 9 heteroatoms. The number of carbonyl (C=O) groups is 1. The van der Waals surface area contributed by atoms with Gasteiger partial charge in [-0.05, 0) is 29.5 Å². The number of aromatic nitrogens is 6. The molecule has 130 valence electrons. The van der Waals surface area contributed by atoms with Crippen molar-refractivity contribution >= 4 is 17.7 Å². The van der Waals surface area contributed by atoms with Crippen molar-refractivity contribution in [3.63, 3.8) is 0 Å². The Morgan fingerprint density at radius 1 is 1.28 bits per heavy atom. The largest absolute Gasteiger partial charge is 0.341 e. The molecule has 0 bridgehead atoms. The molecule has 0 aliphatic heterocycles. The third-order valence-corrected chi connectivity index (χ3v) is 4.57. The van der Waals surface area contributed by atoms with Crippen LogP contribution in [0.2, 0.25) is 0 Å². The van der Waals surface area contributed by atoms with Gasteiger partial charge in [-0.2, -0.15) is 5.10 Å². The van der Waals surface area contributed by atoms with Crippen LogP contribution in [0.5, 0.6) is 0 Å². The van der Waals surface area contributed by atoms with Crippen molar-refractivity contribution in [2.45, 2.75) is 25.2 Å². The average Bonchev–Trinajstić information content (AvgIpc) is 3.29. The van der Waals surface area contributed by atoms with Gasteiger partial charge in [0.2, 0.25) is 11.1 Å². The van der Waals surface area contributed by atoms with Gasteiger partial charge in [-0.25, -0.2) is 9.36 Å². The predicted octanol–water partition coefficient (Wildman–Crippen LogP) is 1.63. The minimum Gasteiger partial charge on any atom is -0.341 e. The monoisotopic (exact) mass is 357 g/mol. The molecule has 8 nitrogen and oxygen atoms in total. The third-order valence-electron chi connectivity index (χ3n) is 3.63. The van der Waals surface area contributed by atoms with Crippen LogP contribution in [-0.2, 0) is 17.9 Å². The van der Waals surface area contributed by atoms with Crippen LogP contribution in [0.3, 0.4) is 0 Å². The van der Waals surface area contributed by atoms with E-state index in [2.05, 4.69) is 20.6 Å². The first-order valence-electron chi connectivity index (χ1n) is 7.89. The van der Waals surface area contributed by atoms with Gasteiger partial charge in [-0.15, -0.1) is 5.10 Å². The Hall–Kier alpha value is -2.68. The molecule has 0 unspecified atom stereocenters. The van der Waals surface area contributed by atoms with E-state index >= 15 is 0 Å². The van der Waals surface area contributed by atoms with Crippen LogP contribution >= 0.6 is 11.8 Å². The van der Waals surface area contributed by atoms with Gasteiger partial charge < -0.3 is 4.90 Å². The molecule has 3 aromatic rings. The maximum absolute atomic E-state index is 12.3. The zero-order valence-electron chi connectivity index (χ0n) is 14.1. The number of thioether (sulfide) groups is 1. The summed E-state index contributed by atoms with van der Waals surface area (Å²) in [6.45, 7) is 3.14. The summed E-state index contributed by atoms with van der Waals surface area (Å²) >= 11 is 1.34. The van der Waals surface area contributed by atoms with Crippen LogP contribution < -0.4 is 0 Å². The number of hydrogen-bond acceptors (Lipinski definition) is 6. The first-order chi connectivity index (χ1) is 12.2. The van der Waals surface area contributed by atoms with Crippen molar-refractivity contribution in [1.82, 2.24) is 34.9 Å². The Morgan fingerprint density at radius 2 is 2.08 bits per heavy atom. The quantitative estimate of drug-likeness (QED) is 0.598. The molecule has 0 spiro atoms. The summed E-state index contributed by atoms with van der Waals surface area (Å²) in [4.78, 5) is 14.0. The van der Waals surface area contributed by atoms with Gasteiger partial charge in [0.25, 0.3) is 0 Å². The number of tetrazole rings is 1. The van der Waals surface area contributed by atoms with Crippen molar-refractivity contribution in [2.75, 3.05) is 12.8 Å². The molecular formula is C16H19N7OS. The third kappa shape index (κ3) is 4.24. The number of hydrogen-bond donors (Lipinski definition) is 0. The molecule has 0 saturated heterocycles. The van der Waals surface area contributed by atoms with Gasteiger partial charge >= 0.3 is 0 Å². The van der Waals surface area contributed by atoms with Gasteiger partial charge in [0.1, 0.15) is 0 Å². The number of nitrogens with zero attached hydrogens (tertiary/aromatic N) is 7. The zero-order chi connectivity index (χ0) is 17.6. The highest BCUT2D eigenvalue weighted by atomic mass is 32.2. The minimum atomic E-state index is 0.0168. The number of carbonyl (C=O) groups excluding carboxylic acids is 1. The van der Waals surface area contributed by atoms with Crippen molar-refractivity contribution in [3.05, 3.63) is 48.3 Å². The van der Waals surface area contributed by atoms with Crippen molar-refractivity contribution in [3.8, 4) is 5.69 Å². The summed E-state index contributed by atoms with van der Waals surface area (Å²) in [7, 11) is 1.78. The lowest BCUT2D eigenvalue weighted by Gasteiger charge is -2.15. The summed E-state index contributed by atoms with van der Waals surface area (Å²) in [6.07, 6.45) is 3.71. The molecule has 2 aromatic heterocycles. The summed E-state index contributed by atoms with van der Waals surface area (Å²) in [5.41, 5.74) is 1.97. The van der Waals surface area contributed by atoms with Crippen LogP contribution in [-0.4, -0.2) is 53.6 Å². The maximum atomic E-state index is 12.3. The van der Waals surface area contributed by atoms with Gasteiger partial charge in [0.15, 0.2) is 0 Å². The highest BCUT2D eigenvalue weighted by Crippen LogP contribution is 2.15. The second-order valence-electron chi connectivity index (χ2n) is 5.44. The van der Waals surface area contributed by atoms with Crippen molar-refractivity contribution in [2.24, 2.45) is 0 Å².